The van der Waals surface area contributed by atoms with Crippen LogP contribution in [0.2, 0.25) is 0 Å². The van der Waals surface area contributed by atoms with Crippen LogP contribution in [0.1, 0.15) is 38.3 Å². The highest BCUT2D eigenvalue weighted by Gasteiger charge is 2.37. The third kappa shape index (κ3) is 3.02. The molecule has 2 heterocycles. The molecular formula is C20H27N. The highest BCUT2D eigenvalue weighted by molar-refractivity contribution is 5.98. The quantitative estimate of drug-likeness (QED) is 0.628. The average molecular weight is 281 g/mol. The van der Waals surface area contributed by atoms with E-state index in [1.165, 1.54) is 28.0 Å². The molecule has 1 unspecified atom stereocenters. The lowest BCUT2D eigenvalue weighted by Gasteiger charge is -2.22. The Bertz CT molecular complexity index is 551. The van der Waals surface area contributed by atoms with E-state index >= 15 is 0 Å². The first-order valence-electron chi connectivity index (χ1n) is 7.60. The molecule has 2 aliphatic rings. The van der Waals surface area contributed by atoms with E-state index in [0.29, 0.717) is 6.04 Å². The molecule has 1 aromatic rings. The van der Waals surface area contributed by atoms with Crippen LogP contribution in [0.5, 0.6) is 0 Å². The molecule has 21 heavy (non-hydrogen) atoms. The molecule has 0 amide bonds. The van der Waals surface area contributed by atoms with Crippen LogP contribution < -0.4 is 4.90 Å². The van der Waals surface area contributed by atoms with Crippen LogP contribution in [0.15, 0.2) is 56.7 Å². The summed E-state index contributed by atoms with van der Waals surface area (Å²) in [5.41, 5.74) is 6.38. The Morgan fingerprint density at radius 1 is 1.19 bits per heavy atom. The van der Waals surface area contributed by atoms with Gasteiger partial charge in [-0.3, -0.25) is 0 Å². The molecule has 0 bridgehead atoms. The minimum absolute atomic E-state index is 0.382. The molecule has 0 spiro atoms. The number of nitrogens with zero attached hydrogens (tertiary/aromatic N) is 1. The Balaban J connectivity index is 0.000000395. The van der Waals surface area contributed by atoms with Gasteiger partial charge in [-0.2, -0.15) is 0 Å². The number of benzene rings is 1. The third-order valence-electron chi connectivity index (χ3n) is 3.58. The Morgan fingerprint density at radius 3 is 2.33 bits per heavy atom. The van der Waals surface area contributed by atoms with Gasteiger partial charge < -0.3 is 4.90 Å². The maximum absolute atomic E-state index is 4.23. The molecule has 0 aromatic heterocycles. The van der Waals surface area contributed by atoms with Crippen molar-refractivity contribution in [1.82, 2.24) is 0 Å². The largest absolute Gasteiger partial charge is 0.359 e. The van der Waals surface area contributed by atoms with Crippen LogP contribution in [0, 0.1) is 0 Å². The van der Waals surface area contributed by atoms with E-state index in [0.717, 1.165) is 13.0 Å². The van der Waals surface area contributed by atoms with Crippen molar-refractivity contribution in [3.05, 3.63) is 67.8 Å². The van der Waals surface area contributed by atoms with E-state index in [9.17, 15) is 0 Å². The number of anilines is 1. The lowest BCUT2D eigenvalue weighted by molar-refractivity contribution is 0.787. The van der Waals surface area contributed by atoms with Crippen molar-refractivity contribution in [2.45, 2.75) is 33.2 Å². The van der Waals surface area contributed by atoms with E-state index in [1.54, 1.807) is 6.08 Å². The first-order chi connectivity index (χ1) is 10.2. The summed E-state index contributed by atoms with van der Waals surface area (Å²) in [6.07, 6.45) is 4.68. The summed E-state index contributed by atoms with van der Waals surface area (Å²) in [7, 11) is 0. The van der Waals surface area contributed by atoms with Crippen LogP contribution in [0.25, 0.3) is 11.1 Å². The van der Waals surface area contributed by atoms with Gasteiger partial charge in [0.25, 0.3) is 0 Å². The fraction of sp³-hybridized carbons (Fsp3) is 0.300. The van der Waals surface area contributed by atoms with Gasteiger partial charge in [-0.1, -0.05) is 57.4 Å². The van der Waals surface area contributed by atoms with Gasteiger partial charge in [0.05, 0.1) is 11.7 Å². The van der Waals surface area contributed by atoms with Crippen molar-refractivity contribution in [3.63, 3.8) is 0 Å². The minimum atomic E-state index is 0.382. The fourth-order valence-corrected chi connectivity index (χ4v) is 2.83. The van der Waals surface area contributed by atoms with Gasteiger partial charge >= 0.3 is 0 Å². The van der Waals surface area contributed by atoms with Crippen molar-refractivity contribution in [2.24, 2.45) is 0 Å². The summed E-state index contributed by atoms with van der Waals surface area (Å²) >= 11 is 0. The molecule has 0 fully saturated rings. The second-order valence-corrected chi connectivity index (χ2v) is 4.91. The van der Waals surface area contributed by atoms with Crippen LogP contribution >= 0.6 is 0 Å². The van der Waals surface area contributed by atoms with Gasteiger partial charge in [0.15, 0.2) is 0 Å². The predicted octanol–water partition coefficient (Wildman–Crippen LogP) is 5.71. The SMILES string of the molecule is C=CC.C=CCC1C(=C)c2cccc3c2N1CC3=C.CC. The zero-order valence-electron chi connectivity index (χ0n) is 13.7. The first-order valence-corrected chi connectivity index (χ1v) is 7.60. The van der Waals surface area contributed by atoms with E-state index in [4.69, 9.17) is 0 Å². The number of hydrogen-bond donors (Lipinski definition) is 0. The molecule has 0 aliphatic carbocycles. The topological polar surface area (TPSA) is 3.24 Å². The molecule has 1 atom stereocenters. The Hall–Kier alpha value is -2.02. The van der Waals surface area contributed by atoms with Crippen molar-refractivity contribution in [2.75, 3.05) is 11.4 Å². The van der Waals surface area contributed by atoms with E-state index in [2.05, 4.69) is 49.4 Å². The maximum atomic E-state index is 4.23. The fourth-order valence-electron chi connectivity index (χ4n) is 2.83. The highest BCUT2D eigenvalue weighted by Crippen LogP contribution is 2.49. The average Bonchev–Trinajstić information content (AvgIpc) is 2.96. The van der Waals surface area contributed by atoms with Crippen molar-refractivity contribution in [3.8, 4) is 0 Å². The molecule has 0 radical (unpaired) electrons. The highest BCUT2D eigenvalue weighted by atomic mass is 15.2. The van der Waals surface area contributed by atoms with E-state index in [-0.39, 0.29) is 0 Å². The number of hydrogen-bond acceptors (Lipinski definition) is 1. The van der Waals surface area contributed by atoms with Crippen LogP contribution in [-0.2, 0) is 0 Å². The molecule has 0 saturated heterocycles. The molecule has 1 heteroatoms. The summed E-state index contributed by atoms with van der Waals surface area (Å²) in [6, 6.07) is 6.80. The molecule has 3 rings (SSSR count). The minimum Gasteiger partial charge on any atom is -0.359 e. The zero-order chi connectivity index (χ0) is 16.0. The Kier molecular flexibility index (Phi) is 6.23. The van der Waals surface area contributed by atoms with Gasteiger partial charge in [0.2, 0.25) is 0 Å². The van der Waals surface area contributed by atoms with Gasteiger partial charge in [0.1, 0.15) is 0 Å². The molecule has 112 valence electrons. The smallest absolute Gasteiger partial charge is 0.0581 e. The molecule has 0 saturated carbocycles. The molecule has 1 aromatic carbocycles. The van der Waals surface area contributed by atoms with E-state index in [1.807, 2.05) is 26.8 Å². The number of allylic oxidation sites excluding steroid dienone is 1. The van der Waals surface area contributed by atoms with Crippen LogP contribution in [0.4, 0.5) is 5.69 Å². The lowest BCUT2D eigenvalue weighted by atomic mass is 9.98. The van der Waals surface area contributed by atoms with Gasteiger partial charge in [-0.25, -0.2) is 0 Å². The van der Waals surface area contributed by atoms with Gasteiger partial charge in [-0.05, 0) is 24.5 Å². The summed E-state index contributed by atoms with van der Waals surface area (Å²) in [6.45, 7) is 22.4. The van der Waals surface area contributed by atoms with E-state index < -0.39 is 0 Å². The first kappa shape index (κ1) is 17.0. The summed E-state index contributed by atoms with van der Waals surface area (Å²) in [4.78, 5) is 2.41. The molecule has 0 N–H and O–H groups in total. The Labute approximate surface area is 130 Å². The second-order valence-electron chi connectivity index (χ2n) is 4.91. The van der Waals surface area contributed by atoms with Gasteiger partial charge in [0, 0.05) is 17.7 Å². The number of para-hydroxylation sites is 1. The van der Waals surface area contributed by atoms with Crippen LogP contribution in [-0.4, -0.2) is 12.6 Å². The van der Waals surface area contributed by atoms with Crippen molar-refractivity contribution < 1.29 is 0 Å². The summed E-state index contributed by atoms with van der Waals surface area (Å²) in [5.74, 6) is 0. The van der Waals surface area contributed by atoms with Crippen molar-refractivity contribution in [1.29, 1.82) is 0 Å². The van der Waals surface area contributed by atoms with Crippen LogP contribution in [0.3, 0.4) is 0 Å². The normalized spacial score (nSPS) is 17.3. The monoisotopic (exact) mass is 281 g/mol. The summed E-state index contributed by atoms with van der Waals surface area (Å²) in [5, 5.41) is 0. The zero-order valence-corrected chi connectivity index (χ0v) is 13.7. The van der Waals surface area contributed by atoms with Gasteiger partial charge in [-0.15, -0.1) is 13.2 Å². The van der Waals surface area contributed by atoms with Crippen molar-refractivity contribution >= 4 is 16.8 Å². The summed E-state index contributed by atoms with van der Waals surface area (Å²) < 4.78 is 0. The Morgan fingerprint density at radius 2 is 1.76 bits per heavy atom. The third-order valence-corrected chi connectivity index (χ3v) is 3.58. The predicted molar refractivity (Wildman–Crippen MR) is 97.7 cm³/mol. The lowest BCUT2D eigenvalue weighted by Crippen LogP contribution is -2.29. The second kappa shape index (κ2) is 7.68. The molecular weight excluding hydrogens is 254 g/mol. The molecule has 2 aliphatic heterocycles. The number of rotatable bonds is 2. The maximum Gasteiger partial charge on any atom is 0.0581 e. The molecule has 1 nitrogen and oxygen atoms in total. The standard InChI is InChI=1S/C15H15N.C3H6.C2H6/c1-4-6-14-11(3)13-8-5-7-12-10(2)9-16(14)15(12)13;1-3-2;1-2/h4-5,7-8,14H,1-3,6,9H2;3H,1H2,2H3;1-2H3.